The number of amides is 1. The molecule has 1 saturated carbocycles. The number of likely N-dealkylation sites (tertiary alicyclic amines) is 1. The first kappa shape index (κ1) is 21.6. The Morgan fingerprint density at radius 3 is 2.54 bits per heavy atom. The Labute approximate surface area is 172 Å². The number of unbranched alkanes of at least 4 members (excludes halogenated alkanes) is 2. The topological polar surface area (TPSA) is 61.9 Å². The summed E-state index contributed by atoms with van der Waals surface area (Å²) in [6.07, 6.45) is 16.0. The molecule has 5 heteroatoms. The van der Waals surface area contributed by atoms with Crippen molar-refractivity contribution in [2.24, 2.45) is 22.6 Å². The second-order valence-corrected chi connectivity index (χ2v) is 9.63. The van der Waals surface area contributed by atoms with Crippen LogP contribution in [0.3, 0.4) is 0 Å². The molecule has 0 bridgehead atoms. The molecule has 160 valence electrons. The van der Waals surface area contributed by atoms with Gasteiger partial charge in [0.1, 0.15) is 5.54 Å². The number of nitrogens with two attached hydrogens (primary N) is 1. The van der Waals surface area contributed by atoms with Crippen LogP contribution in [0.25, 0.3) is 0 Å². The fourth-order valence-electron chi connectivity index (χ4n) is 5.66. The highest BCUT2D eigenvalue weighted by atomic mass is 16.2. The van der Waals surface area contributed by atoms with Gasteiger partial charge in [0, 0.05) is 13.6 Å². The van der Waals surface area contributed by atoms with Gasteiger partial charge < -0.3 is 10.6 Å². The van der Waals surface area contributed by atoms with Gasteiger partial charge in [0.2, 0.25) is 0 Å². The van der Waals surface area contributed by atoms with E-state index in [4.69, 9.17) is 10.7 Å². The maximum absolute atomic E-state index is 13.2. The second kappa shape index (κ2) is 10.1. The van der Waals surface area contributed by atoms with Gasteiger partial charge in [-0.3, -0.25) is 9.69 Å². The maximum atomic E-state index is 13.2. The van der Waals surface area contributed by atoms with Gasteiger partial charge in [-0.25, -0.2) is 4.99 Å². The van der Waals surface area contributed by atoms with E-state index < -0.39 is 5.54 Å². The van der Waals surface area contributed by atoms with E-state index in [1.54, 1.807) is 11.9 Å². The highest BCUT2D eigenvalue weighted by molar-refractivity contribution is 6.06. The number of nitrogens with zero attached hydrogens (tertiary/aromatic N) is 3. The zero-order valence-electron chi connectivity index (χ0n) is 18.3. The summed E-state index contributed by atoms with van der Waals surface area (Å²) in [5.74, 6) is 1.90. The molecular weight excluding hydrogens is 348 g/mol. The number of piperidine rings is 1. The highest BCUT2D eigenvalue weighted by Crippen LogP contribution is 2.38. The molecule has 2 fully saturated rings. The molecule has 0 radical (unpaired) electrons. The monoisotopic (exact) mass is 390 g/mol. The van der Waals surface area contributed by atoms with Gasteiger partial charge in [-0.1, -0.05) is 51.9 Å². The average Bonchev–Trinajstić information content (AvgIpc) is 2.92. The predicted octanol–water partition coefficient (Wildman–Crippen LogP) is 4.16. The number of carbonyl (C=O) groups is 1. The quantitative estimate of drug-likeness (QED) is 0.601. The minimum atomic E-state index is -0.590. The number of likely N-dealkylation sites (N-methyl/N-ethyl adjacent to an activating group) is 1. The molecule has 0 aromatic heterocycles. The summed E-state index contributed by atoms with van der Waals surface area (Å²) >= 11 is 0. The smallest absolute Gasteiger partial charge is 0.257 e. The van der Waals surface area contributed by atoms with E-state index in [0.29, 0.717) is 11.9 Å². The number of guanidine groups is 1. The minimum Gasteiger partial charge on any atom is -0.369 e. The van der Waals surface area contributed by atoms with Gasteiger partial charge in [-0.2, -0.15) is 0 Å². The largest absolute Gasteiger partial charge is 0.369 e. The van der Waals surface area contributed by atoms with E-state index in [1.807, 2.05) is 0 Å². The number of rotatable bonds is 9. The second-order valence-electron chi connectivity index (χ2n) is 9.63. The summed E-state index contributed by atoms with van der Waals surface area (Å²) in [4.78, 5) is 22.2. The van der Waals surface area contributed by atoms with Crippen molar-refractivity contribution in [3.8, 4) is 0 Å². The third kappa shape index (κ3) is 5.28. The normalized spacial score (nSPS) is 30.1. The SMILES string of the molecule is CCCCCN1CCC[C@@H](CC2(CCC3CCCCC3)N=C(N)N(C)C2=O)C1. The molecule has 2 heterocycles. The van der Waals surface area contributed by atoms with E-state index in [0.717, 1.165) is 31.7 Å². The van der Waals surface area contributed by atoms with Crippen molar-refractivity contribution in [2.75, 3.05) is 26.7 Å². The summed E-state index contributed by atoms with van der Waals surface area (Å²) < 4.78 is 0. The molecule has 0 aromatic carbocycles. The van der Waals surface area contributed by atoms with E-state index in [9.17, 15) is 4.79 Å². The molecule has 28 heavy (non-hydrogen) atoms. The van der Waals surface area contributed by atoms with Crippen LogP contribution in [0.4, 0.5) is 0 Å². The molecule has 2 aliphatic heterocycles. The van der Waals surface area contributed by atoms with E-state index in [-0.39, 0.29) is 5.91 Å². The third-order valence-corrected chi connectivity index (χ3v) is 7.37. The van der Waals surface area contributed by atoms with Crippen LogP contribution in [-0.4, -0.2) is 53.9 Å². The van der Waals surface area contributed by atoms with Crippen LogP contribution in [0, 0.1) is 11.8 Å². The first-order valence-corrected chi connectivity index (χ1v) is 11.9. The molecule has 1 unspecified atom stereocenters. The first-order chi connectivity index (χ1) is 13.5. The fourth-order valence-corrected chi connectivity index (χ4v) is 5.66. The molecule has 3 aliphatic rings. The number of hydrogen-bond donors (Lipinski definition) is 1. The van der Waals surface area contributed by atoms with E-state index >= 15 is 0 Å². The lowest BCUT2D eigenvalue weighted by molar-refractivity contribution is -0.131. The summed E-state index contributed by atoms with van der Waals surface area (Å²) in [6, 6.07) is 0. The molecule has 0 aromatic rings. The summed E-state index contributed by atoms with van der Waals surface area (Å²) in [5, 5.41) is 0. The first-order valence-electron chi connectivity index (χ1n) is 11.9. The molecule has 1 amide bonds. The summed E-state index contributed by atoms with van der Waals surface area (Å²) in [5.41, 5.74) is 5.52. The van der Waals surface area contributed by atoms with Crippen LogP contribution in [-0.2, 0) is 4.79 Å². The van der Waals surface area contributed by atoms with Crippen molar-refractivity contribution < 1.29 is 4.79 Å². The zero-order chi connectivity index (χ0) is 20.0. The van der Waals surface area contributed by atoms with Crippen molar-refractivity contribution in [3.63, 3.8) is 0 Å². The lowest BCUT2D eigenvalue weighted by Crippen LogP contribution is -2.46. The summed E-state index contributed by atoms with van der Waals surface area (Å²) in [6.45, 7) is 5.81. The van der Waals surface area contributed by atoms with Crippen molar-refractivity contribution in [1.82, 2.24) is 9.80 Å². The Kier molecular flexibility index (Phi) is 7.78. The van der Waals surface area contributed by atoms with Crippen molar-refractivity contribution in [1.29, 1.82) is 0 Å². The van der Waals surface area contributed by atoms with Gasteiger partial charge in [0.15, 0.2) is 5.96 Å². The fraction of sp³-hybridized carbons (Fsp3) is 0.913. The van der Waals surface area contributed by atoms with Gasteiger partial charge in [-0.15, -0.1) is 0 Å². The number of carbonyl (C=O) groups excluding carboxylic acids is 1. The molecular formula is C23H42N4O. The molecule has 5 nitrogen and oxygen atoms in total. The molecule has 3 rings (SSSR count). The van der Waals surface area contributed by atoms with Crippen LogP contribution in [0.5, 0.6) is 0 Å². The van der Waals surface area contributed by atoms with Gasteiger partial charge >= 0.3 is 0 Å². The highest BCUT2D eigenvalue weighted by Gasteiger charge is 2.47. The Balaban J connectivity index is 1.63. The Hall–Kier alpha value is -1.10. The molecule has 1 saturated heterocycles. The van der Waals surface area contributed by atoms with Crippen molar-refractivity contribution in [2.45, 2.75) is 95.9 Å². The zero-order valence-corrected chi connectivity index (χ0v) is 18.3. The Morgan fingerprint density at radius 1 is 1.11 bits per heavy atom. The Morgan fingerprint density at radius 2 is 1.86 bits per heavy atom. The van der Waals surface area contributed by atoms with Crippen LogP contribution in [0.2, 0.25) is 0 Å². The van der Waals surface area contributed by atoms with Crippen LogP contribution in [0.1, 0.15) is 90.4 Å². The van der Waals surface area contributed by atoms with Crippen molar-refractivity contribution in [3.05, 3.63) is 0 Å². The van der Waals surface area contributed by atoms with Crippen molar-refractivity contribution >= 4 is 11.9 Å². The van der Waals surface area contributed by atoms with Gasteiger partial charge in [0.25, 0.3) is 5.91 Å². The van der Waals surface area contributed by atoms with Gasteiger partial charge in [-0.05, 0) is 63.5 Å². The lowest BCUT2D eigenvalue weighted by Gasteiger charge is -2.37. The number of hydrogen-bond acceptors (Lipinski definition) is 4. The van der Waals surface area contributed by atoms with E-state index in [1.165, 1.54) is 77.3 Å². The Bertz CT molecular complexity index is 543. The van der Waals surface area contributed by atoms with Crippen LogP contribution < -0.4 is 5.73 Å². The van der Waals surface area contributed by atoms with Crippen LogP contribution in [0.15, 0.2) is 4.99 Å². The van der Waals surface area contributed by atoms with E-state index in [2.05, 4.69) is 11.8 Å². The number of aliphatic imine (C=N–C) groups is 1. The molecule has 1 aliphatic carbocycles. The maximum Gasteiger partial charge on any atom is 0.257 e. The lowest BCUT2D eigenvalue weighted by atomic mass is 9.77. The minimum absolute atomic E-state index is 0.143. The molecule has 2 atom stereocenters. The molecule has 0 spiro atoms. The third-order valence-electron chi connectivity index (χ3n) is 7.37. The average molecular weight is 391 g/mol. The van der Waals surface area contributed by atoms with Crippen LogP contribution >= 0.6 is 0 Å². The van der Waals surface area contributed by atoms with Gasteiger partial charge in [0.05, 0.1) is 0 Å². The molecule has 2 N–H and O–H groups in total. The predicted molar refractivity (Wildman–Crippen MR) is 116 cm³/mol. The standard InChI is InChI=1S/C23H42N4O/c1-3-4-8-15-27-16-9-12-20(18-27)17-23(21(28)26(2)22(24)25-23)14-13-19-10-6-5-7-11-19/h19-20H,3-18H2,1-2H3,(H2,24,25)/t20-,23?/m0/s1. The summed E-state index contributed by atoms with van der Waals surface area (Å²) in [7, 11) is 1.79.